The zero-order chi connectivity index (χ0) is 13.1. The van der Waals surface area contributed by atoms with Crippen LogP contribution < -0.4 is 10.1 Å². The molecule has 0 atom stereocenters. The van der Waals surface area contributed by atoms with Crippen molar-refractivity contribution in [3.8, 4) is 5.75 Å². The molecule has 0 aliphatic rings. The van der Waals surface area contributed by atoms with Crippen molar-refractivity contribution >= 4 is 17.8 Å². The number of nitro benzene ring substituents is 1. The van der Waals surface area contributed by atoms with Gasteiger partial charge in [-0.3, -0.25) is 14.9 Å². The summed E-state index contributed by atoms with van der Waals surface area (Å²) in [5, 5.41) is 12.3. The zero-order valence-electron chi connectivity index (χ0n) is 8.02. The number of hydrogen-bond acceptors (Lipinski definition) is 4. The lowest BCUT2D eigenvalue weighted by Gasteiger charge is -2.11. The number of halogens is 3. The van der Waals surface area contributed by atoms with Crippen molar-refractivity contribution in [2.75, 3.05) is 5.32 Å². The van der Waals surface area contributed by atoms with Gasteiger partial charge in [-0.1, -0.05) is 0 Å². The third-order valence-corrected chi connectivity index (χ3v) is 1.62. The molecular weight excluding hydrogens is 245 g/mol. The minimum absolute atomic E-state index is 0.129. The van der Waals surface area contributed by atoms with Crippen molar-refractivity contribution in [2.45, 2.75) is 6.36 Å². The Kier molecular flexibility index (Phi) is 3.51. The fourth-order valence-corrected chi connectivity index (χ4v) is 1.02. The van der Waals surface area contributed by atoms with Crippen molar-refractivity contribution in [1.82, 2.24) is 0 Å². The number of ether oxygens (including phenoxy) is 1. The van der Waals surface area contributed by atoms with Crippen LogP contribution in [0.4, 0.5) is 24.5 Å². The van der Waals surface area contributed by atoms with Crippen LogP contribution in [0.25, 0.3) is 0 Å². The Hall–Kier alpha value is -2.32. The van der Waals surface area contributed by atoms with Gasteiger partial charge in [-0.25, -0.2) is 0 Å². The van der Waals surface area contributed by atoms with Gasteiger partial charge in [0.25, 0.3) is 5.69 Å². The molecule has 1 aromatic carbocycles. The first-order chi connectivity index (χ1) is 7.83. The minimum Gasteiger partial charge on any atom is -0.403 e. The third-order valence-electron chi connectivity index (χ3n) is 1.62. The van der Waals surface area contributed by atoms with Crippen LogP contribution >= 0.6 is 0 Å². The molecule has 92 valence electrons. The van der Waals surface area contributed by atoms with Gasteiger partial charge in [0.1, 0.15) is 0 Å². The summed E-state index contributed by atoms with van der Waals surface area (Å²) in [4.78, 5) is 19.6. The van der Waals surface area contributed by atoms with Crippen molar-refractivity contribution < 1.29 is 27.6 Å². The molecular formula is C8H5F3N2O4. The molecule has 17 heavy (non-hydrogen) atoms. The summed E-state index contributed by atoms with van der Waals surface area (Å²) in [5.41, 5.74) is -0.899. The summed E-state index contributed by atoms with van der Waals surface area (Å²) in [6, 6.07) is 2.45. The first kappa shape index (κ1) is 12.7. The number of anilines is 1. The van der Waals surface area contributed by atoms with Crippen LogP contribution in [0.1, 0.15) is 0 Å². The fourth-order valence-electron chi connectivity index (χ4n) is 1.02. The van der Waals surface area contributed by atoms with Gasteiger partial charge in [0.05, 0.1) is 16.7 Å². The number of nitrogens with zero attached hydrogens (tertiary/aromatic N) is 1. The van der Waals surface area contributed by atoms with Crippen molar-refractivity contribution in [2.24, 2.45) is 0 Å². The molecule has 6 nitrogen and oxygen atoms in total. The standard InChI is InChI=1S/C8H5F3N2O4/c9-8(10,11)17-7-3-5(13(15)16)1-2-6(7)12-4-14/h1-4H,(H,12,14). The second-order valence-corrected chi connectivity index (χ2v) is 2.75. The average molecular weight is 250 g/mol. The number of hydrogen-bond donors (Lipinski definition) is 1. The molecule has 1 N–H and O–H groups in total. The SMILES string of the molecule is O=CNc1ccc([N+](=O)[O-])cc1OC(F)(F)F. The molecule has 0 spiro atoms. The monoisotopic (exact) mass is 250 g/mol. The van der Waals surface area contributed by atoms with Gasteiger partial charge in [0.2, 0.25) is 6.41 Å². The largest absolute Gasteiger partial charge is 0.573 e. The number of rotatable bonds is 4. The predicted molar refractivity (Wildman–Crippen MR) is 49.5 cm³/mol. The highest BCUT2D eigenvalue weighted by Crippen LogP contribution is 2.33. The number of carbonyl (C=O) groups excluding carboxylic acids is 1. The molecule has 0 aliphatic carbocycles. The molecule has 9 heteroatoms. The van der Waals surface area contributed by atoms with Gasteiger partial charge in [0.15, 0.2) is 5.75 Å². The first-order valence-electron chi connectivity index (χ1n) is 4.08. The van der Waals surface area contributed by atoms with Gasteiger partial charge in [-0.05, 0) is 6.07 Å². The lowest BCUT2D eigenvalue weighted by molar-refractivity contribution is -0.385. The summed E-state index contributed by atoms with van der Waals surface area (Å²) in [5.74, 6) is -0.848. The summed E-state index contributed by atoms with van der Waals surface area (Å²) >= 11 is 0. The van der Waals surface area contributed by atoms with E-state index in [0.717, 1.165) is 12.1 Å². The molecule has 0 saturated heterocycles. The summed E-state index contributed by atoms with van der Waals surface area (Å²) in [6.07, 6.45) is -4.88. The van der Waals surface area contributed by atoms with Crippen LogP contribution in [0.3, 0.4) is 0 Å². The second kappa shape index (κ2) is 4.68. The van der Waals surface area contributed by atoms with E-state index in [1.165, 1.54) is 0 Å². The van der Waals surface area contributed by atoms with E-state index in [2.05, 4.69) is 4.74 Å². The zero-order valence-corrected chi connectivity index (χ0v) is 8.02. The van der Waals surface area contributed by atoms with Crippen LogP contribution in [0.2, 0.25) is 0 Å². The van der Waals surface area contributed by atoms with Crippen molar-refractivity contribution in [3.05, 3.63) is 28.3 Å². The smallest absolute Gasteiger partial charge is 0.403 e. The highest BCUT2D eigenvalue weighted by atomic mass is 19.4. The maximum absolute atomic E-state index is 12.0. The molecule has 1 amide bonds. The Morgan fingerprint density at radius 1 is 1.41 bits per heavy atom. The van der Waals surface area contributed by atoms with Crippen LogP contribution in [0, 0.1) is 10.1 Å². The second-order valence-electron chi connectivity index (χ2n) is 2.75. The van der Waals surface area contributed by atoms with Gasteiger partial charge in [-0.2, -0.15) is 0 Å². The van der Waals surface area contributed by atoms with E-state index >= 15 is 0 Å². The number of alkyl halides is 3. The Labute approximate surface area is 92.1 Å². The number of amides is 1. The van der Waals surface area contributed by atoms with E-state index in [4.69, 9.17) is 0 Å². The molecule has 0 fully saturated rings. The molecule has 1 aromatic rings. The van der Waals surface area contributed by atoms with Gasteiger partial charge < -0.3 is 10.1 Å². The van der Waals surface area contributed by atoms with E-state index < -0.39 is 22.7 Å². The fraction of sp³-hybridized carbons (Fsp3) is 0.125. The molecule has 0 aliphatic heterocycles. The predicted octanol–water partition coefficient (Wildman–Crippen LogP) is 2.06. The van der Waals surface area contributed by atoms with E-state index in [0.29, 0.717) is 6.07 Å². The molecule has 0 radical (unpaired) electrons. The van der Waals surface area contributed by atoms with Crippen molar-refractivity contribution in [3.63, 3.8) is 0 Å². The molecule has 0 heterocycles. The van der Waals surface area contributed by atoms with E-state index in [1.54, 1.807) is 0 Å². The lowest BCUT2D eigenvalue weighted by atomic mass is 10.2. The van der Waals surface area contributed by atoms with E-state index in [9.17, 15) is 28.1 Å². The van der Waals surface area contributed by atoms with E-state index in [1.807, 2.05) is 5.32 Å². The first-order valence-corrected chi connectivity index (χ1v) is 4.08. The van der Waals surface area contributed by atoms with Crippen molar-refractivity contribution in [1.29, 1.82) is 0 Å². The van der Waals surface area contributed by atoms with Crippen LogP contribution in [0.15, 0.2) is 18.2 Å². The summed E-state index contributed by atoms with van der Waals surface area (Å²) < 4.78 is 39.5. The summed E-state index contributed by atoms with van der Waals surface area (Å²) in [7, 11) is 0. The topological polar surface area (TPSA) is 81.5 Å². The van der Waals surface area contributed by atoms with Gasteiger partial charge in [-0.15, -0.1) is 13.2 Å². The molecule has 0 aromatic heterocycles. The number of nitro groups is 1. The maximum Gasteiger partial charge on any atom is 0.573 e. The Morgan fingerprint density at radius 2 is 2.06 bits per heavy atom. The number of benzene rings is 1. The molecule has 0 unspecified atom stereocenters. The minimum atomic E-state index is -5.01. The van der Waals surface area contributed by atoms with E-state index in [-0.39, 0.29) is 12.1 Å². The molecule has 1 rings (SSSR count). The Balaban J connectivity index is 3.15. The van der Waals surface area contributed by atoms with Crippen LogP contribution in [-0.4, -0.2) is 17.7 Å². The Morgan fingerprint density at radius 3 is 2.53 bits per heavy atom. The number of non-ortho nitro benzene ring substituents is 1. The van der Waals surface area contributed by atoms with Crippen LogP contribution in [0.5, 0.6) is 5.75 Å². The van der Waals surface area contributed by atoms with Gasteiger partial charge in [0, 0.05) is 6.07 Å². The van der Waals surface area contributed by atoms with Crippen LogP contribution in [-0.2, 0) is 4.79 Å². The third kappa shape index (κ3) is 3.63. The number of carbonyl (C=O) groups is 1. The molecule has 0 bridgehead atoms. The van der Waals surface area contributed by atoms with Gasteiger partial charge >= 0.3 is 6.36 Å². The molecule has 0 saturated carbocycles. The highest BCUT2D eigenvalue weighted by Gasteiger charge is 2.32. The summed E-state index contributed by atoms with van der Waals surface area (Å²) in [6.45, 7) is 0. The highest BCUT2D eigenvalue weighted by molar-refractivity contribution is 5.76. The normalized spacial score (nSPS) is 10.8. The average Bonchev–Trinajstić information content (AvgIpc) is 2.18. The number of nitrogens with one attached hydrogen (secondary N) is 1. The Bertz CT molecular complexity index is 447. The lowest BCUT2D eigenvalue weighted by Crippen LogP contribution is -2.18. The quantitative estimate of drug-likeness (QED) is 0.503. The maximum atomic E-state index is 12.0.